The van der Waals surface area contributed by atoms with Gasteiger partial charge in [-0.15, -0.1) is 0 Å². The number of carbonyl (C=O) groups is 1. The molecule has 7 heteroatoms. The molecule has 0 aliphatic carbocycles. The number of ether oxygens (including phenoxy) is 1. The van der Waals surface area contributed by atoms with Gasteiger partial charge >= 0.3 is 6.18 Å². The Labute approximate surface area is 133 Å². The zero-order chi connectivity index (χ0) is 17.5. The number of benzene rings is 1. The third kappa shape index (κ3) is 6.03. The van der Waals surface area contributed by atoms with Crippen LogP contribution in [0.3, 0.4) is 0 Å². The van der Waals surface area contributed by atoms with Crippen molar-refractivity contribution in [2.45, 2.75) is 25.1 Å². The van der Waals surface area contributed by atoms with E-state index in [9.17, 15) is 18.0 Å². The Morgan fingerprint density at radius 1 is 1.30 bits per heavy atom. The minimum absolute atomic E-state index is 0.0693. The average Bonchev–Trinajstić information content (AvgIpc) is 2.44. The van der Waals surface area contributed by atoms with Gasteiger partial charge in [-0.25, -0.2) is 0 Å². The van der Waals surface area contributed by atoms with Gasteiger partial charge in [-0.05, 0) is 18.9 Å². The summed E-state index contributed by atoms with van der Waals surface area (Å²) in [5.74, 6) is -0.894. The van der Waals surface area contributed by atoms with Crippen LogP contribution in [-0.4, -0.2) is 43.1 Å². The monoisotopic (exact) mass is 331 g/mol. The summed E-state index contributed by atoms with van der Waals surface area (Å²) in [4.78, 5) is 12.0. The molecule has 0 saturated carbocycles. The SMILES string of the molecule is COCC(C)(CCO)NC(=O)/C=C(/c1ccccc1)C(F)(F)F. The number of allylic oxidation sites excluding steroid dienone is 1. The minimum atomic E-state index is -4.66. The van der Waals surface area contributed by atoms with E-state index in [-0.39, 0.29) is 25.2 Å². The first kappa shape index (κ1) is 19.2. The van der Waals surface area contributed by atoms with Gasteiger partial charge in [-0.3, -0.25) is 4.79 Å². The standard InChI is InChI=1S/C16H20F3NO3/c1-15(8-9-21,11-23-2)20-14(22)10-13(16(17,18)19)12-6-4-3-5-7-12/h3-7,10,21H,8-9,11H2,1-2H3,(H,20,22)/b13-10-. The summed E-state index contributed by atoms with van der Waals surface area (Å²) < 4.78 is 44.5. The number of nitrogens with one attached hydrogen (secondary N) is 1. The van der Waals surface area contributed by atoms with Crippen LogP contribution in [0, 0.1) is 0 Å². The maximum absolute atomic E-state index is 13.2. The highest BCUT2D eigenvalue weighted by molar-refractivity contribution is 5.96. The van der Waals surface area contributed by atoms with E-state index in [1.54, 1.807) is 13.0 Å². The van der Waals surface area contributed by atoms with Gasteiger partial charge in [-0.1, -0.05) is 30.3 Å². The lowest BCUT2D eigenvalue weighted by Crippen LogP contribution is -2.49. The van der Waals surface area contributed by atoms with Crippen LogP contribution in [0.4, 0.5) is 13.2 Å². The summed E-state index contributed by atoms with van der Waals surface area (Å²) in [5.41, 5.74) is -2.07. The van der Waals surface area contributed by atoms with Crippen LogP contribution in [0.1, 0.15) is 18.9 Å². The Kier molecular flexibility index (Phi) is 6.78. The van der Waals surface area contributed by atoms with Crippen molar-refractivity contribution in [2.24, 2.45) is 0 Å². The normalized spacial score (nSPS) is 15.1. The summed E-state index contributed by atoms with van der Waals surface area (Å²) in [6.07, 6.45) is -3.97. The van der Waals surface area contributed by atoms with Gasteiger partial charge in [0.25, 0.3) is 0 Å². The number of hydrogen-bond donors (Lipinski definition) is 2. The lowest BCUT2D eigenvalue weighted by atomic mass is 9.98. The fourth-order valence-electron chi connectivity index (χ4n) is 2.15. The Bertz CT molecular complexity index is 535. The van der Waals surface area contributed by atoms with Gasteiger partial charge in [0.2, 0.25) is 5.91 Å². The minimum Gasteiger partial charge on any atom is -0.396 e. The summed E-state index contributed by atoms with van der Waals surface area (Å²) in [7, 11) is 1.41. The number of methoxy groups -OCH3 is 1. The van der Waals surface area contributed by atoms with E-state index in [0.717, 1.165) is 0 Å². The fourth-order valence-corrected chi connectivity index (χ4v) is 2.15. The zero-order valence-electron chi connectivity index (χ0n) is 13.0. The summed E-state index contributed by atoms with van der Waals surface area (Å²) in [6.45, 7) is 1.43. The molecule has 0 saturated heterocycles. The van der Waals surface area contributed by atoms with Crippen LogP contribution < -0.4 is 5.32 Å². The highest BCUT2D eigenvalue weighted by atomic mass is 19.4. The van der Waals surface area contributed by atoms with Crippen LogP contribution in [0.15, 0.2) is 36.4 Å². The predicted octanol–water partition coefficient (Wildman–Crippen LogP) is 2.54. The summed E-state index contributed by atoms with van der Waals surface area (Å²) in [5, 5.41) is 11.5. The molecule has 23 heavy (non-hydrogen) atoms. The van der Waals surface area contributed by atoms with Crippen LogP contribution >= 0.6 is 0 Å². The molecule has 0 aliphatic heterocycles. The molecular formula is C16H20F3NO3. The number of aliphatic hydroxyl groups is 1. The van der Waals surface area contributed by atoms with E-state index in [1.165, 1.54) is 31.4 Å². The summed E-state index contributed by atoms with van der Waals surface area (Å²) >= 11 is 0. The second kappa shape index (κ2) is 8.12. The molecule has 0 aliphatic rings. The number of amides is 1. The number of carbonyl (C=O) groups excluding carboxylic acids is 1. The van der Waals surface area contributed by atoms with Crippen molar-refractivity contribution in [1.82, 2.24) is 5.32 Å². The van der Waals surface area contributed by atoms with Crippen LogP contribution in [-0.2, 0) is 9.53 Å². The van der Waals surface area contributed by atoms with E-state index in [0.29, 0.717) is 6.08 Å². The van der Waals surface area contributed by atoms with Crippen molar-refractivity contribution < 1.29 is 27.8 Å². The van der Waals surface area contributed by atoms with Gasteiger partial charge in [0, 0.05) is 19.8 Å². The van der Waals surface area contributed by atoms with Gasteiger partial charge < -0.3 is 15.2 Å². The van der Waals surface area contributed by atoms with E-state index in [4.69, 9.17) is 9.84 Å². The molecule has 0 radical (unpaired) electrons. The van der Waals surface area contributed by atoms with Crippen LogP contribution in [0.25, 0.3) is 5.57 Å². The molecule has 0 aromatic heterocycles. The highest BCUT2D eigenvalue weighted by Gasteiger charge is 2.36. The smallest absolute Gasteiger partial charge is 0.396 e. The van der Waals surface area contributed by atoms with Gasteiger partial charge in [0.1, 0.15) is 0 Å². The topological polar surface area (TPSA) is 58.6 Å². The van der Waals surface area contributed by atoms with Crippen molar-refractivity contribution in [3.63, 3.8) is 0 Å². The predicted molar refractivity (Wildman–Crippen MR) is 80.6 cm³/mol. The van der Waals surface area contributed by atoms with E-state index in [2.05, 4.69) is 5.32 Å². The van der Waals surface area contributed by atoms with E-state index < -0.39 is 23.2 Å². The van der Waals surface area contributed by atoms with Crippen LogP contribution in [0.2, 0.25) is 0 Å². The van der Waals surface area contributed by atoms with Crippen molar-refractivity contribution >= 4 is 11.5 Å². The molecule has 0 spiro atoms. The molecule has 2 N–H and O–H groups in total. The number of halogens is 3. The first-order chi connectivity index (χ1) is 10.7. The Balaban J connectivity index is 3.05. The lowest BCUT2D eigenvalue weighted by molar-refractivity contribution is -0.119. The highest BCUT2D eigenvalue weighted by Crippen LogP contribution is 2.33. The summed E-state index contributed by atoms with van der Waals surface area (Å²) in [6, 6.07) is 7.10. The lowest BCUT2D eigenvalue weighted by Gasteiger charge is -2.29. The molecule has 0 heterocycles. The number of rotatable bonds is 7. The zero-order valence-corrected chi connectivity index (χ0v) is 13.0. The van der Waals surface area contributed by atoms with Gasteiger partial charge in [0.05, 0.1) is 17.7 Å². The molecule has 1 atom stereocenters. The quantitative estimate of drug-likeness (QED) is 0.755. The van der Waals surface area contributed by atoms with Crippen LogP contribution in [0.5, 0.6) is 0 Å². The van der Waals surface area contributed by atoms with Gasteiger partial charge in [-0.2, -0.15) is 13.2 Å². The Hall–Kier alpha value is -1.86. The van der Waals surface area contributed by atoms with Gasteiger partial charge in [0.15, 0.2) is 0 Å². The maximum atomic E-state index is 13.2. The van der Waals surface area contributed by atoms with E-state index >= 15 is 0 Å². The molecule has 1 aromatic rings. The van der Waals surface area contributed by atoms with Crippen molar-refractivity contribution in [1.29, 1.82) is 0 Å². The Morgan fingerprint density at radius 2 is 1.91 bits per heavy atom. The number of hydrogen-bond acceptors (Lipinski definition) is 3. The third-order valence-corrected chi connectivity index (χ3v) is 3.22. The fraction of sp³-hybridized carbons (Fsp3) is 0.438. The largest absolute Gasteiger partial charge is 0.417 e. The average molecular weight is 331 g/mol. The van der Waals surface area contributed by atoms with Crippen molar-refractivity contribution in [3.05, 3.63) is 42.0 Å². The molecule has 0 bridgehead atoms. The molecule has 128 valence electrons. The second-order valence-electron chi connectivity index (χ2n) is 5.38. The molecule has 1 amide bonds. The third-order valence-electron chi connectivity index (χ3n) is 3.22. The van der Waals surface area contributed by atoms with Crippen molar-refractivity contribution in [3.8, 4) is 0 Å². The maximum Gasteiger partial charge on any atom is 0.417 e. The van der Waals surface area contributed by atoms with Crippen molar-refractivity contribution in [2.75, 3.05) is 20.3 Å². The first-order valence-electron chi connectivity index (χ1n) is 6.98. The Morgan fingerprint density at radius 3 is 2.39 bits per heavy atom. The second-order valence-corrected chi connectivity index (χ2v) is 5.38. The molecule has 1 aromatic carbocycles. The van der Waals surface area contributed by atoms with E-state index in [1.807, 2.05) is 0 Å². The molecule has 1 unspecified atom stereocenters. The number of aliphatic hydroxyl groups excluding tert-OH is 1. The molecule has 0 fully saturated rings. The molecular weight excluding hydrogens is 311 g/mol. The molecule has 1 rings (SSSR count). The molecule has 4 nitrogen and oxygen atoms in total. The first-order valence-corrected chi connectivity index (χ1v) is 6.98. The number of alkyl halides is 3.